The van der Waals surface area contributed by atoms with Crippen molar-refractivity contribution in [2.24, 2.45) is 4.99 Å². The third kappa shape index (κ3) is 9.99. The van der Waals surface area contributed by atoms with E-state index >= 15 is 0 Å². The molecule has 11 heteroatoms. The van der Waals surface area contributed by atoms with E-state index in [0.29, 0.717) is 19.8 Å². The highest BCUT2D eigenvalue weighted by atomic mass is 127. The van der Waals surface area contributed by atoms with E-state index in [1.54, 1.807) is 26.3 Å². The van der Waals surface area contributed by atoms with E-state index in [-0.39, 0.29) is 41.6 Å². The Morgan fingerprint density at radius 1 is 1.16 bits per heavy atom. The number of piperidine rings is 1. The minimum absolute atomic E-state index is 0. The number of methoxy groups -OCH3 is 2. The molecule has 1 fully saturated rings. The van der Waals surface area contributed by atoms with Gasteiger partial charge in [-0.15, -0.1) is 24.0 Å². The van der Waals surface area contributed by atoms with E-state index in [0.717, 1.165) is 43.9 Å². The van der Waals surface area contributed by atoms with Gasteiger partial charge in [-0.1, -0.05) is 6.07 Å². The number of aliphatic imine (C=N–C) groups is 1. The van der Waals surface area contributed by atoms with E-state index in [2.05, 4.69) is 15.2 Å². The van der Waals surface area contributed by atoms with Crippen molar-refractivity contribution in [3.05, 3.63) is 23.8 Å². The minimum Gasteiger partial charge on any atom is -0.493 e. The van der Waals surface area contributed by atoms with Crippen LogP contribution in [0.5, 0.6) is 11.5 Å². The van der Waals surface area contributed by atoms with Crippen LogP contribution < -0.4 is 14.8 Å². The molecule has 1 saturated heterocycles. The number of hydrogen-bond acceptors (Lipinski definition) is 5. The van der Waals surface area contributed by atoms with E-state index in [1.807, 2.05) is 0 Å². The Bertz CT molecular complexity index is 699. The second-order valence-electron chi connectivity index (χ2n) is 7.19. The smallest absolute Gasteiger partial charge is 0.422 e. The van der Waals surface area contributed by atoms with Crippen molar-refractivity contribution in [3.63, 3.8) is 0 Å². The maximum atomic E-state index is 12.4. The SMILES string of the molecule is CN=C(NCc1ccc(OCC(F)(F)F)c(OC)c1)N1CCC(OCCCOC)CC1.I. The van der Waals surface area contributed by atoms with Gasteiger partial charge in [-0.2, -0.15) is 13.2 Å². The molecule has 0 radical (unpaired) electrons. The first kappa shape index (κ1) is 28.6. The summed E-state index contributed by atoms with van der Waals surface area (Å²) in [5.74, 6) is 1.08. The molecule has 1 N–H and O–H groups in total. The van der Waals surface area contributed by atoms with Crippen molar-refractivity contribution >= 4 is 29.9 Å². The molecule has 0 aliphatic carbocycles. The maximum absolute atomic E-state index is 12.4. The molecular formula is C21H33F3IN3O4. The van der Waals surface area contributed by atoms with Crippen LogP contribution >= 0.6 is 24.0 Å². The zero-order valence-corrected chi connectivity index (χ0v) is 21.1. The summed E-state index contributed by atoms with van der Waals surface area (Å²) in [6.07, 6.45) is -1.41. The number of alkyl halides is 3. The Balaban J connectivity index is 0.00000512. The fourth-order valence-corrected chi connectivity index (χ4v) is 3.30. The van der Waals surface area contributed by atoms with Crippen LogP contribution in [-0.2, 0) is 16.0 Å². The quantitative estimate of drug-likeness (QED) is 0.198. The number of hydrogen-bond donors (Lipinski definition) is 1. The highest BCUT2D eigenvalue weighted by Gasteiger charge is 2.29. The van der Waals surface area contributed by atoms with Crippen molar-refractivity contribution in [2.75, 3.05) is 54.2 Å². The monoisotopic (exact) mass is 575 g/mol. The lowest BCUT2D eigenvalue weighted by Crippen LogP contribution is -2.46. The third-order valence-electron chi connectivity index (χ3n) is 4.87. The van der Waals surface area contributed by atoms with Crippen molar-refractivity contribution in [1.82, 2.24) is 10.2 Å². The number of ether oxygens (including phenoxy) is 4. The molecule has 2 rings (SSSR count). The molecule has 0 unspecified atom stereocenters. The summed E-state index contributed by atoms with van der Waals surface area (Å²) in [6, 6.07) is 4.84. The number of halogens is 4. The van der Waals surface area contributed by atoms with Crippen molar-refractivity contribution in [1.29, 1.82) is 0 Å². The third-order valence-corrected chi connectivity index (χ3v) is 4.87. The van der Waals surface area contributed by atoms with Crippen LogP contribution in [0.25, 0.3) is 0 Å². The molecule has 0 saturated carbocycles. The largest absolute Gasteiger partial charge is 0.493 e. The second kappa shape index (κ2) is 14.6. The Hall–Kier alpha value is -1.47. The molecule has 1 heterocycles. The highest BCUT2D eigenvalue weighted by molar-refractivity contribution is 14.0. The van der Waals surface area contributed by atoms with E-state index < -0.39 is 12.8 Å². The number of benzene rings is 1. The number of rotatable bonds is 10. The highest BCUT2D eigenvalue weighted by Crippen LogP contribution is 2.29. The summed E-state index contributed by atoms with van der Waals surface area (Å²) in [7, 11) is 4.81. The first-order chi connectivity index (χ1) is 14.9. The predicted molar refractivity (Wildman–Crippen MR) is 127 cm³/mol. The summed E-state index contributed by atoms with van der Waals surface area (Å²) < 4.78 is 58.1. The Morgan fingerprint density at radius 2 is 1.88 bits per heavy atom. The summed E-state index contributed by atoms with van der Waals surface area (Å²) in [5, 5.41) is 3.30. The zero-order chi connectivity index (χ0) is 22.7. The van der Waals surface area contributed by atoms with Gasteiger partial charge >= 0.3 is 6.18 Å². The number of likely N-dealkylation sites (tertiary alicyclic amines) is 1. The van der Waals surface area contributed by atoms with Crippen LogP contribution in [0, 0.1) is 0 Å². The summed E-state index contributed by atoms with van der Waals surface area (Å²) >= 11 is 0. The van der Waals surface area contributed by atoms with Crippen LogP contribution in [0.3, 0.4) is 0 Å². The summed E-state index contributed by atoms with van der Waals surface area (Å²) in [6.45, 7) is 2.17. The van der Waals surface area contributed by atoms with Gasteiger partial charge in [-0.25, -0.2) is 0 Å². The second-order valence-corrected chi connectivity index (χ2v) is 7.19. The standard InChI is InChI=1S/C21H32F3N3O4.HI/c1-25-20(27-9-7-17(8-10-27)30-12-4-11-28-2)26-14-16-5-6-18(19(13-16)29-3)31-15-21(22,23)24;/h5-6,13,17H,4,7-12,14-15H2,1-3H3,(H,25,26);1H. The van der Waals surface area contributed by atoms with Crippen LogP contribution in [0.4, 0.5) is 13.2 Å². The fourth-order valence-electron chi connectivity index (χ4n) is 3.30. The Morgan fingerprint density at radius 3 is 2.47 bits per heavy atom. The van der Waals surface area contributed by atoms with Gasteiger partial charge in [0.2, 0.25) is 0 Å². The topological polar surface area (TPSA) is 64.6 Å². The number of nitrogens with one attached hydrogen (secondary N) is 1. The molecule has 184 valence electrons. The van der Waals surface area contributed by atoms with E-state index in [1.165, 1.54) is 13.2 Å². The lowest BCUT2D eigenvalue weighted by molar-refractivity contribution is -0.153. The average molecular weight is 575 g/mol. The first-order valence-corrected chi connectivity index (χ1v) is 10.3. The number of nitrogens with zero attached hydrogens (tertiary/aromatic N) is 2. The molecule has 0 bridgehead atoms. The van der Waals surface area contributed by atoms with Gasteiger partial charge in [0.05, 0.1) is 13.2 Å². The lowest BCUT2D eigenvalue weighted by Gasteiger charge is -2.34. The van der Waals surface area contributed by atoms with Gasteiger partial charge in [0.25, 0.3) is 0 Å². The van der Waals surface area contributed by atoms with Crippen LogP contribution in [0.2, 0.25) is 0 Å². The van der Waals surface area contributed by atoms with E-state index in [4.69, 9.17) is 18.9 Å². The van der Waals surface area contributed by atoms with Crippen LogP contribution in [0.1, 0.15) is 24.8 Å². The zero-order valence-electron chi connectivity index (χ0n) is 18.7. The van der Waals surface area contributed by atoms with Crippen molar-refractivity contribution in [3.8, 4) is 11.5 Å². The van der Waals surface area contributed by atoms with Gasteiger partial charge in [0.1, 0.15) is 0 Å². The Kier molecular flexibility index (Phi) is 13.1. The molecular weight excluding hydrogens is 542 g/mol. The predicted octanol–water partition coefficient (Wildman–Crippen LogP) is 3.85. The van der Waals surface area contributed by atoms with Gasteiger partial charge in [-0.3, -0.25) is 4.99 Å². The molecule has 1 aromatic carbocycles. The van der Waals surface area contributed by atoms with Gasteiger partial charge in [0, 0.05) is 47.0 Å². The fraction of sp³-hybridized carbons (Fsp3) is 0.667. The van der Waals surface area contributed by atoms with Crippen LogP contribution in [-0.4, -0.2) is 77.3 Å². The van der Waals surface area contributed by atoms with Gasteiger partial charge in [0.15, 0.2) is 24.1 Å². The molecule has 1 aromatic rings. The molecule has 7 nitrogen and oxygen atoms in total. The molecule has 0 amide bonds. The van der Waals surface area contributed by atoms with E-state index in [9.17, 15) is 13.2 Å². The molecule has 0 atom stereocenters. The molecule has 0 aromatic heterocycles. The maximum Gasteiger partial charge on any atom is 0.422 e. The minimum atomic E-state index is -4.40. The Labute approximate surface area is 204 Å². The van der Waals surface area contributed by atoms with Crippen molar-refractivity contribution < 1.29 is 32.1 Å². The average Bonchev–Trinajstić information content (AvgIpc) is 2.76. The first-order valence-electron chi connectivity index (χ1n) is 10.3. The molecule has 0 spiro atoms. The molecule has 32 heavy (non-hydrogen) atoms. The van der Waals surface area contributed by atoms with Crippen molar-refractivity contribution in [2.45, 2.75) is 38.1 Å². The molecule has 1 aliphatic heterocycles. The van der Waals surface area contributed by atoms with Crippen LogP contribution in [0.15, 0.2) is 23.2 Å². The molecule has 1 aliphatic rings. The summed E-state index contributed by atoms with van der Waals surface area (Å²) in [5.41, 5.74) is 0.841. The lowest BCUT2D eigenvalue weighted by atomic mass is 10.1. The number of guanidine groups is 1. The van der Waals surface area contributed by atoms with Gasteiger partial charge in [-0.05, 0) is 37.0 Å². The normalized spacial score (nSPS) is 15.3. The summed E-state index contributed by atoms with van der Waals surface area (Å²) in [4.78, 5) is 6.52. The van der Waals surface area contributed by atoms with Gasteiger partial charge < -0.3 is 29.2 Å².